The molecule has 0 spiro atoms. The summed E-state index contributed by atoms with van der Waals surface area (Å²) < 4.78 is -0.0824. The lowest BCUT2D eigenvalue weighted by Crippen LogP contribution is -2.23. The van der Waals surface area contributed by atoms with E-state index in [2.05, 4.69) is 138 Å². The second-order valence-corrected chi connectivity index (χ2v) is 23.8. The maximum absolute atomic E-state index is 8.47. The summed E-state index contributed by atoms with van der Waals surface area (Å²) in [5, 5.41) is 15.2. The fraction of sp³-hybridized carbons (Fsp3) is 0.500. The highest BCUT2D eigenvalue weighted by atomic mass is 79.9. The van der Waals surface area contributed by atoms with Crippen LogP contribution in [0.2, 0.25) is 0 Å². The first kappa shape index (κ1) is 58.4. The van der Waals surface area contributed by atoms with E-state index in [9.17, 15) is 0 Å². The lowest BCUT2D eigenvalue weighted by atomic mass is 9.92. The molecule has 73 heavy (non-hydrogen) atoms. The second-order valence-electron chi connectivity index (χ2n) is 21.8. The molecule has 12 nitrogen and oxygen atoms in total. The van der Waals surface area contributed by atoms with Gasteiger partial charge in [-0.3, -0.25) is 5.26 Å². The Morgan fingerprint density at radius 2 is 0.493 bits per heavy atom. The fourth-order valence-electron chi connectivity index (χ4n) is 8.14. The lowest BCUT2D eigenvalue weighted by molar-refractivity contribution is -0.365. The van der Waals surface area contributed by atoms with E-state index < -0.39 is 28.0 Å². The first-order chi connectivity index (χ1) is 34.5. The topological polar surface area (TPSA) is 122 Å². The minimum absolute atomic E-state index is 0.0824. The Labute approximate surface area is 441 Å². The first-order valence-corrected chi connectivity index (χ1v) is 26.4. The van der Waals surface area contributed by atoms with Gasteiger partial charge in [0.25, 0.3) is 0 Å². The largest absolute Gasteiger partial charge is 0.252 e. The number of unbranched alkanes of at least 4 members (excludes halogenated alkanes) is 3. The minimum atomic E-state index is -0.676. The second kappa shape index (κ2) is 25.8. The molecule has 0 aromatic heterocycles. The van der Waals surface area contributed by atoms with Gasteiger partial charge in [0.1, 0.15) is 28.0 Å². The Kier molecular flexibility index (Phi) is 20.6. The molecular formula is C60H79BrO12. The van der Waals surface area contributed by atoms with Gasteiger partial charge in [-0.2, -0.15) is 0 Å². The third-order valence-corrected chi connectivity index (χ3v) is 13.6. The molecule has 6 rings (SSSR count). The molecule has 0 fully saturated rings. The Hall–Kier alpha value is -3.90. The van der Waals surface area contributed by atoms with E-state index in [1.54, 1.807) is 0 Å². The molecule has 0 saturated carbocycles. The Bertz CT molecular complexity index is 2690. The molecule has 6 aromatic rings. The van der Waals surface area contributed by atoms with Crippen LogP contribution < -0.4 is 0 Å². The molecule has 1 N–H and O–H groups in total. The van der Waals surface area contributed by atoms with Gasteiger partial charge in [0.2, 0.25) is 0 Å². The average Bonchev–Trinajstić information content (AvgIpc) is 3.35. The first-order valence-electron chi connectivity index (χ1n) is 25.6. The molecule has 0 radical (unpaired) electrons. The molecule has 13 heteroatoms. The molecule has 0 heterocycles. The normalized spacial score (nSPS) is 13.2. The Balaban J connectivity index is 0.855. The molecule has 0 saturated heterocycles. The summed E-state index contributed by atoms with van der Waals surface area (Å²) in [7, 11) is 0. The van der Waals surface area contributed by atoms with Crippen LogP contribution in [0, 0.1) is 0 Å². The van der Waals surface area contributed by atoms with Gasteiger partial charge >= 0.3 is 0 Å². The third-order valence-electron chi connectivity index (χ3n) is 13.1. The van der Waals surface area contributed by atoms with Crippen LogP contribution in [-0.4, -0.2) is 44.9 Å². The van der Waals surface area contributed by atoms with Gasteiger partial charge in [0, 0.05) is 4.32 Å². The third kappa shape index (κ3) is 16.8. The monoisotopic (exact) mass is 1070 g/mol. The van der Waals surface area contributed by atoms with Crippen molar-refractivity contribution in [2.75, 3.05) is 39.6 Å². The summed E-state index contributed by atoms with van der Waals surface area (Å²) in [6, 6.07) is 38.1. The number of benzene rings is 6. The zero-order chi connectivity index (χ0) is 52.9. The van der Waals surface area contributed by atoms with E-state index in [0.717, 1.165) is 86.9 Å². The van der Waals surface area contributed by atoms with E-state index in [1.165, 1.54) is 10.9 Å². The van der Waals surface area contributed by atoms with Crippen LogP contribution >= 0.6 is 15.9 Å². The standard InChI is InChI=1S/C60H79BrO12/c1-55(2,61)49-25-19-44-38-50(26-20-43(44)37-49)56(3,4)70-65-33-15-16-34-66-72-59(9,10)53-29-23-48-42-54(30-24-47(48)41-53)60(11,12)73-68-36-18-17-35-67-71-58(7,8)52-28-22-45-39-51(27-21-46(45)40-52)57(5,6)69-64-32-14-13-31-63-62/h19-30,37-42,62H,13-18,31-36H2,1-12H3. The number of alkyl halides is 1. The van der Waals surface area contributed by atoms with Gasteiger partial charge in [-0.25, -0.2) is 53.8 Å². The summed E-state index contributed by atoms with van der Waals surface area (Å²) >= 11 is 3.77. The highest BCUT2D eigenvalue weighted by Gasteiger charge is 2.29. The molecule has 0 aliphatic carbocycles. The van der Waals surface area contributed by atoms with Gasteiger partial charge in [-0.15, -0.1) is 0 Å². The predicted molar refractivity (Wildman–Crippen MR) is 290 cm³/mol. The predicted octanol–water partition coefficient (Wildman–Crippen LogP) is 15.9. The van der Waals surface area contributed by atoms with Crippen LogP contribution in [0.3, 0.4) is 0 Å². The van der Waals surface area contributed by atoms with Crippen LogP contribution in [0.5, 0.6) is 0 Å². The summed E-state index contributed by atoms with van der Waals surface area (Å²) in [5.74, 6) is 0. The van der Waals surface area contributed by atoms with Gasteiger partial charge in [-0.1, -0.05) is 88.7 Å². The number of hydrogen-bond acceptors (Lipinski definition) is 12. The van der Waals surface area contributed by atoms with Gasteiger partial charge < -0.3 is 0 Å². The minimum Gasteiger partial charge on any atom is -0.252 e. The molecule has 398 valence electrons. The molecule has 0 amide bonds. The fourth-order valence-corrected chi connectivity index (χ4v) is 8.38. The van der Waals surface area contributed by atoms with Crippen molar-refractivity contribution in [3.8, 4) is 0 Å². The van der Waals surface area contributed by atoms with E-state index >= 15 is 0 Å². The van der Waals surface area contributed by atoms with Crippen molar-refractivity contribution < 1.29 is 59.0 Å². The van der Waals surface area contributed by atoms with Crippen molar-refractivity contribution in [2.45, 2.75) is 154 Å². The molecule has 0 aliphatic rings. The summed E-state index contributed by atoms with van der Waals surface area (Å²) in [6.07, 6.45) is 4.38. The molecule has 0 atom stereocenters. The van der Waals surface area contributed by atoms with Crippen molar-refractivity contribution in [1.29, 1.82) is 0 Å². The average molecular weight is 1070 g/mol. The van der Waals surface area contributed by atoms with Crippen molar-refractivity contribution in [1.82, 2.24) is 0 Å². The molecule has 0 aliphatic heterocycles. The van der Waals surface area contributed by atoms with Gasteiger partial charge in [0.15, 0.2) is 0 Å². The molecular weight excluding hydrogens is 993 g/mol. The Morgan fingerprint density at radius 1 is 0.301 bits per heavy atom. The van der Waals surface area contributed by atoms with Crippen LogP contribution in [0.1, 0.15) is 155 Å². The van der Waals surface area contributed by atoms with E-state index in [1.807, 2.05) is 75.3 Å². The number of fused-ring (bicyclic) bond motifs is 3. The van der Waals surface area contributed by atoms with Crippen molar-refractivity contribution >= 4 is 48.2 Å². The molecule has 0 unspecified atom stereocenters. The summed E-state index contributed by atoms with van der Waals surface area (Å²) in [4.78, 5) is 61.8. The highest BCUT2D eigenvalue weighted by Crippen LogP contribution is 2.36. The van der Waals surface area contributed by atoms with Crippen LogP contribution in [0.15, 0.2) is 109 Å². The maximum Gasteiger partial charge on any atom is 0.123 e. The van der Waals surface area contributed by atoms with Crippen LogP contribution in [0.4, 0.5) is 0 Å². The number of rotatable bonds is 31. The van der Waals surface area contributed by atoms with Crippen LogP contribution in [-0.2, 0) is 86.1 Å². The van der Waals surface area contributed by atoms with Gasteiger partial charge in [-0.05, 0) is 224 Å². The highest BCUT2D eigenvalue weighted by molar-refractivity contribution is 9.09. The SMILES string of the molecule is CC(C)(Br)c1ccc2cc(C(C)(C)OOCCCCOOC(C)(C)c3ccc4cc(C(C)(C)OOCCCCOOC(C)(C)c5ccc6cc(C(C)(C)OOCCCCOO)ccc6c5)ccc4c3)ccc2c1. The van der Waals surface area contributed by atoms with E-state index in [4.69, 9.17) is 54.1 Å². The molecule has 0 bridgehead atoms. The van der Waals surface area contributed by atoms with Crippen molar-refractivity contribution in [3.05, 3.63) is 143 Å². The van der Waals surface area contributed by atoms with Gasteiger partial charge in [0.05, 0.1) is 39.6 Å². The zero-order valence-electron chi connectivity index (χ0n) is 45.2. The zero-order valence-corrected chi connectivity index (χ0v) is 46.8. The van der Waals surface area contributed by atoms with E-state index in [0.29, 0.717) is 39.5 Å². The quantitative estimate of drug-likeness (QED) is 0.0193. The number of halogens is 1. The Morgan fingerprint density at radius 3 is 0.699 bits per heavy atom. The van der Waals surface area contributed by atoms with Crippen LogP contribution in [0.25, 0.3) is 32.3 Å². The van der Waals surface area contributed by atoms with Crippen molar-refractivity contribution in [3.63, 3.8) is 0 Å². The summed E-state index contributed by atoms with van der Waals surface area (Å²) in [5.41, 5.74) is 3.02. The number of hydrogen-bond donors (Lipinski definition) is 1. The lowest BCUT2D eigenvalue weighted by Gasteiger charge is -2.26. The van der Waals surface area contributed by atoms with E-state index in [-0.39, 0.29) is 10.9 Å². The maximum atomic E-state index is 8.47. The van der Waals surface area contributed by atoms with Crippen molar-refractivity contribution in [2.24, 2.45) is 0 Å². The smallest absolute Gasteiger partial charge is 0.123 e. The summed E-state index contributed by atoms with van der Waals surface area (Å²) in [6.45, 7) is 26.7. The molecule has 6 aromatic carbocycles.